The fraction of sp³-hybridized carbons (Fsp3) is 0.545. The number of likely N-dealkylation sites (N-methyl/N-ethyl adjacent to an activating group) is 1. The first kappa shape index (κ1) is 48.3. The normalized spacial score (nSPS) is 29.9. The summed E-state index contributed by atoms with van der Waals surface area (Å²) in [6.45, 7) is 19.3. The molecule has 0 fully saturated rings. The third-order valence-corrected chi connectivity index (χ3v) is 11.7. The summed E-state index contributed by atoms with van der Waals surface area (Å²) in [7, 11) is 1.44. The van der Waals surface area contributed by atoms with Gasteiger partial charge in [0.25, 0.3) is 11.7 Å². The topological polar surface area (TPSA) is 247 Å². The molecule has 5 rings (SSSR count). The van der Waals surface area contributed by atoms with E-state index in [1.54, 1.807) is 39.8 Å². The average molecular weight is 851 g/mol. The number of phenols is 2. The van der Waals surface area contributed by atoms with Gasteiger partial charge in [0.05, 0.1) is 53.4 Å². The van der Waals surface area contributed by atoms with Crippen molar-refractivity contribution in [2.24, 2.45) is 44.6 Å². The Morgan fingerprint density at radius 1 is 1.00 bits per heavy atom. The average Bonchev–Trinajstić information content (AvgIpc) is 3.49. The van der Waals surface area contributed by atoms with Crippen LogP contribution in [0, 0.1) is 30.6 Å². The summed E-state index contributed by atoms with van der Waals surface area (Å²) in [4.78, 5) is 46.9. The SMILES string of the molecule is CCN(CC)CCN=C(N)N=Nc1cc2c(O)c3c(O)c(C)c4c(c13)C(=O)[C@@](C)(O/C=C/[C@H](OC)[C@H](C)[C@@H](OC(C)=O)[C@@H](C)[C@H](O)[C@H](C)[C@@H](O)[C@@H](C)/C=C/C=C(/C)C(=O)N2)O4. The number of fused-ring (bicyclic) bond motifs is 14. The maximum atomic E-state index is 14.5. The number of amides is 1. The van der Waals surface area contributed by atoms with Crippen LogP contribution in [0.4, 0.5) is 11.4 Å². The summed E-state index contributed by atoms with van der Waals surface area (Å²) in [5.74, 6) is -7.64. The van der Waals surface area contributed by atoms with Crippen LogP contribution >= 0.6 is 0 Å². The van der Waals surface area contributed by atoms with Crippen molar-refractivity contribution in [3.63, 3.8) is 0 Å². The molecule has 0 spiro atoms. The largest absolute Gasteiger partial charge is 0.507 e. The van der Waals surface area contributed by atoms with Crippen LogP contribution in [0.25, 0.3) is 10.8 Å². The number of benzene rings is 2. The molecule has 3 heterocycles. The van der Waals surface area contributed by atoms with Crippen LogP contribution in [0.1, 0.15) is 78.2 Å². The van der Waals surface area contributed by atoms with Crippen LogP contribution in [0.3, 0.4) is 0 Å². The number of phenolic OH excluding ortho intramolecular Hbond substituents is 2. The van der Waals surface area contributed by atoms with Gasteiger partial charge in [0.2, 0.25) is 5.96 Å². The quantitative estimate of drug-likeness (QED) is 0.0606. The highest BCUT2D eigenvalue weighted by Crippen LogP contribution is 2.54. The summed E-state index contributed by atoms with van der Waals surface area (Å²) >= 11 is 0. The second kappa shape index (κ2) is 20.5. The fourth-order valence-electron chi connectivity index (χ4n) is 7.71. The number of aliphatic hydroxyl groups excluding tert-OH is 2. The molecule has 5 bridgehead atoms. The van der Waals surface area contributed by atoms with Crippen LogP contribution in [-0.4, -0.2) is 112 Å². The Bertz CT molecular complexity index is 2110. The molecule has 0 saturated heterocycles. The molecule has 61 heavy (non-hydrogen) atoms. The van der Waals surface area contributed by atoms with Gasteiger partial charge in [-0.25, -0.2) is 4.99 Å². The van der Waals surface area contributed by atoms with E-state index in [4.69, 9.17) is 24.7 Å². The maximum absolute atomic E-state index is 14.5. The van der Waals surface area contributed by atoms with Crippen molar-refractivity contribution < 1.29 is 53.8 Å². The molecular weight excluding hydrogens is 789 g/mol. The smallest absolute Gasteiger partial charge is 0.312 e. The third kappa shape index (κ3) is 10.6. The first-order valence-electron chi connectivity index (χ1n) is 20.5. The number of ketones is 1. The van der Waals surface area contributed by atoms with Crippen LogP contribution in [0.5, 0.6) is 17.2 Å². The number of carbonyl (C=O) groups is 3. The predicted molar refractivity (Wildman–Crippen MR) is 231 cm³/mol. The molecule has 2 aromatic rings. The van der Waals surface area contributed by atoms with Gasteiger partial charge in [-0.3, -0.25) is 14.4 Å². The van der Waals surface area contributed by atoms with Gasteiger partial charge in [-0.15, -0.1) is 10.2 Å². The first-order valence-corrected chi connectivity index (χ1v) is 20.5. The van der Waals surface area contributed by atoms with E-state index in [-0.39, 0.29) is 50.6 Å². The second-order valence-electron chi connectivity index (χ2n) is 15.9. The highest BCUT2D eigenvalue weighted by atomic mass is 16.7. The van der Waals surface area contributed by atoms with E-state index in [1.807, 2.05) is 13.8 Å². The molecule has 3 aliphatic heterocycles. The lowest BCUT2D eigenvalue weighted by Gasteiger charge is -2.38. The number of hydrogen-bond donors (Lipinski definition) is 6. The van der Waals surface area contributed by atoms with Gasteiger partial charge in [0.15, 0.2) is 5.75 Å². The van der Waals surface area contributed by atoms with E-state index in [0.717, 1.165) is 13.1 Å². The number of nitrogens with one attached hydrogen (secondary N) is 1. The lowest BCUT2D eigenvalue weighted by molar-refractivity contribution is -0.160. The number of ether oxygens (including phenoxy) is 4. The monoisotopic (exact) mass is 850 g/mol. The highest BCUT2D eigenvalue weighted by molar-refractivity contribution is 6.22. The molecule has 17 nitrogen and oxygen atoms in total. The molecule has 2 aromatic carbocycles. The minimum absolute atomic E-state index is 0.0459. The van der Waals surface area contributed by atoms with E-state index in [1.165, 1.54) is 59.3 Å². The summed E-state index contributed by atoms with van der Waals surface area (Å²) in [6, 6.07) is 1.29. The number of aliphatic hydroxyl groups is 2. The number of carbonyl (C=O) groups excluding carboxylic acids is 3. The van der Waals surface area contributed by atoms with Crippen molar-refractivity contribution in [1.29, 1.82) is 0 Å². The molecule has 7 N–H and O–H groups in total. The molecule has 0 saturated carbocycles. The van der Waals surface area contributed by atoms with E-state index >= 15 is 0 Å². The van der Waals surface area contributed by atoms with Gasteiger partial charge >= 0.3 is 11.8 Å². The molecule has 3 aliphatic rings. The summed E-state index contributed by atoms with van der Waals surface area (Å²) in [5.41, 5.74) is 6.11. The Hall–Kier alpha value is -5.36. The summed E-state index contributed by atoms with van der Waals surface area (Å²) in [5, 5.41) is 57.0. The maximum Gasteiger partial charge on any atom is 0.312 e. The van der Waals surface area contributed by atoms with E-state index in [0.29, 0.717) is 13.1 Å². The van der Waals surface area contributed by atoms with Crippen molar-refractivity contribution in [2.45, 2.75) is 99.4 Å². The number of nitrogens with two attached hydrogens (primary N) is 1. The van der Waals surface area contributed by atoms with Crippen molar-refractivity contribution in [3.8, 4) is 17.2 Å². The number of aliphatic imine (C=N–C) groups is 1. The van der Waals surface area contributed by atoms with Crippen LogP contribution < -0.4 is 15.8 Å². The number of Topliss-reactive ketones (excluding diaryl/α,β-unsaturated/α-hetero) is 1. The van der Waals surface area contributed by atoms with Gasteiger partial charge in [-0.2, -0.15) is 0 Å². The minimum Gasteiger partial charge on any atom is -0.507 e. The second-order valence-corrected chi connectivity index (χ2v) is 15.9. The van der Waals surface area contributed by atoms with Crippen molar-refractivity contribution in [1.82, 2.24) is 4.90 Å². The number of methoxy groups -OCH3 is 1. The molecule has 17 heteroatoms. The Morgan fingerprint density at radius 3 is 2.30 bits per heavy atom. The number of aromatic hydroxyl groups is 2. The van der Waals surface area contributed by atoms with E-state index in [9.17, 15) is 34.8 Å². The van der Waals surface area contributed by atoms with Crippen molar-refractivity contribution in [3.05, 3.63) is 53.3 Å². The lowest BCUT2D eigenvalue weighted by Crippen LogP contribution is -2.46. The zero-order valence-electron chi connectivity index (χ0n) is 36.9. The molecular formula is C44H62N6O11. The number of esters is 1. The number of allylic oxidation sites excluding steroid dienone is 2. The Balaban J connectivity index is 1.94. The molecule has 0 aromatic heterocycles. The molecule has 0 aliphatic carbocycles. The molecule has 334 valence electrons. The van der Waals surface area contributed by atoms with Crippen molar-refractivity contribution in [2.75, 3.05) is 38.6 Å². The van der Waals surface area contributed by atoms with Gasteiger partial charge in [-0.05, 0) is 39.1 Å². The number of anilines is 1. The van der Waals surface area contributed by atoms with Crippen LogP contribution in [0.15, 0.2) is 57.4 Å². The Morgan fingerprint density at radius 2 is 1.67 bits per heavy atom. The Labute approximate surface area is 357 Å². The number of hydrogen-bond acceptors (Lipinski definition) is 14. The summed E-state index contributed by atoms with van der Waals surface area (Å²) in [6.07, 6.45) is 3.65. The highest BCUT2D eigenvalue weighted by Gasteiger charge is 2.49. The van der Waals surface area contributed by atoms with Gasteiger partial charge in [0.1, 0.15) is 17.6 Å². The minimum atomic E-state index is -2.02. The number of rotatable bonds is 8. The molecule has 0 radical (unpaired) electrons. The number of azo groups is 1. The van der Waals surface area contributed by atoms with Gasteiger partial charge in [0, 0.05) is 67.7 Å². The van der Waals surface area contributed by atoms with Gasteiger partial charge in [-0.1, -0.05) is 59.8 Å². The van der Waals surface area contributed by atoms with Crippen LogP contribution in [-0.2, 0) is 23.8 Å². The molecule has 1 amide bonds. The van der Waals surface area contributed by atoms with Crippen molar-refractivity contribution >= 4 is 45.8 Å². The summed E-state index contributed by atoms with van der Waals surface area (Å²) < 4.78 is 23.7. The predicted octanol–water partition coefficient (Wildman–Crippen LogP) is 5.79. The zero-order chi connectivity index (χ0) is 45.5. The lowest BCUT2D eigenvalue weighted by atomic mass is 9.78. The van der Waals surface area contributed by atoms with E-state index < -0.39 is 83.0 Å². The third-order valence-electron chi connectivity index (χ3n) is 11.7. The molecule has 9 atom stereocenters. The first-order chi connectivity index (χ1) is 28.7. The standard InChI is InChI=1S/C44H62N6O11/c1-12-50(13-2)19-18-46-43(45)49-48-29-21-30-38(55)33-32(29)34-40(27(8)37(33)54)61-44(10,41(34)56)59-20-17-31(58-11)24(5)39(60-28(9)51)26(7)36(53)25(6)35(52)22(3)15-14-16-23(4)42(57)47-30/h14-17,20-22,24-26,31,35-36,39,52-55H,12-13,18-19H2,1-11H3,(H2,45,46)(H,47,57)/b15-14+,20-17+,23-16-,49-48?/t22-,24-,25+,26-,31-,35-,36+,39+,44-/m0/s1. The van der Waals surface area contributed by atoms with Gasteiger partial charge < -0.3 is 55.3 Å². The van der Waals surface area contributed by atoms with Crippen LogP contribution in [0.2, 0.25) is 0 Å². The fourth-order valence-corrected chi connectivity index (χ4v) is 7.71. The number of nitrogens with zero attached hydrogens (tertiary/aromatic N) is 4. The number of guanidine groups is 1. The van der Waals surface area contributed by atoms with E-state index in [2.05, 4.69) is 25.4 Å². The zero-order valence-corrected chi connectivity index (χ0v) is 36.9. The molecule has 0 unspecified atom stereocenters. The Kier molecular flexibility index (Phi) is 16.2.